The Hall–Kier alpha value is -1.59. The Morgan fingerprint density at radius 2 is 1.78 bits per heavy atom. The largest absolute Gasteiger partial charge is 0.393 e. The molecule has 0 spiro atoms. The van der Waals surface area contributed by atoms with Gasteiger partial charge in [-0.3, -0.25) is 4.79 Å². The van der Waals surface area contributed by atoms with Gasteiger partial charge in [-0.1, -0.05) is 13.8 Å². The third kappa shape index (κ3) is 4.69. The first-order valence-electron chi connectivity index (χ1n) is 8.51. The molecule has 0 radical (unpaired) electrons. The van der Waals surface area contributed by atoms with Crippen LogP contribution in [0, 0.1) is 0 Å². The predicted molar refractivity (Wildman–Crippen MR) is 91.8 cm³/mol. The lowest BCUT2D eigenvalue weighted by Crippen LogP contribution is -2.42. The van der Waals surface area contributed by atoms with Crippen LogP contribution in [-0.4, -0.2) is 47.5 Å². The van der Waals surface area contributed by atoms with E-state index >= 15 is 0 Å². The maximum absolute atomic E-state index is 12.2. The molecular formula is C18H28N2O3. The lowest BCUT2D eigenvalue weighted by Gasteiger charge is -2.31. The van der Waals surface area contributed by atoms with Crippen molar-refractivity contribution in [2.45, 2.75) is 51.2 Å². The summed E-state index contributed by atoms with van der Waals surface area (Å²) in [6.45, 7) is 5.78. The number of piperidine rings is 1. The number of nitrogens with one attached hydrogen (secondary N) is 1. The van der Waals surface area contributed by atoms with Crippen molar-refractivity contribution in [2.24, 2.45) is 0 Å². The number of aliphatic hydroxyl groups excluding tert-OH is 1. The minimum absolute atomic E-state index is 0.161. The minimum atomic E-state index is -0.829. The fourth-order valence-electron chi connectivity index (χ4n) is 2.79. The van der Waals surface area contributed by atoms with Crippen molar-refractivity contribution in [3.05, 3.63) is 29.8 Å². The van der Waals surface area contributed by atoms with Gasteiger partial charge in [0.05, 0.1) is 11.7 Å². The van der Waals surface area contributed by atoms with Crippen molar-refractivity contribution in [3.8, 4) is 0 Å². The molecule has 0 saturated carbocycles. The summed E-state index contributed by atoms with van der Waals surface area (Å²) in [5.74, 6) is -0.161. The van der Waals surface area contributed by atoms with Crippen molar-refractivity contribution in [2.75, 3.05) is 24.5 Å². The van der Waals surface area contributed by atoms with Crippen molar-refractivity contribution < 1.29 is 15.0 Å². The molecule has 5 nitrogen and oxygen atoms in total. The molecule has 0 aromatic heterocycles. The van der Waals surface area contributed by atoms with Crippen LogP contribution in [0.25, 0.3) is 0 Å². The number of nitrogens with zero attached hydrogens (tertiary/aromatic N) is 1. The maximum Gasteiger partial charge on any atom is 0.251 e. The van der Waals surface area contributed by atoms with Crippen LogP contribution in [0.5, 0.6) is 0 Å². The fraction of sp³-hybridized carbons (Fsp3) is 0.611. The third-order valence-corrected chi connectivity index (χ3v) is 4.85. The summed E-state index contributed by atoms with van der Waals surface area (Å²) in [7, 11) is 0. The highest BCUT2D eigenvalue weighted by Crippen LogP contribution is 2.20. The van der Waals surface area contributed by atoms with Crippen LogP contribution in [-0.2, 0) is 0 Å². The number of hydrogen-bond acceptors (Lipinski definition) is 4. The van der Waals surface area contributed by atoms with Crippen LogP contribution in [0.1, 0.15) is 49.9 Å². The zero-order valence-electron chi connectivity index (χ0n) is 14.1. The Morgan fingerprint density at radius 1 is 1.22 bits per heavy atom. The molecule has 1 aromatic carbocycles. The van der Waals surface area contributed by atoms with Crippen LogP contribution in [0.3, 0.4) is 0 Å². The van der Waals surface area contributed by atoms with Crippen molar-refractivity contribution in [3.63, 3.8) is 0 Å². The molecule has 1 amide bonds. The molecule has 3 N–H and O–H groups in total. The maximum atomic E-state index is 12.2. The molecule has 0 unspecified atom stereocenters. The van der Waals surface area contributed by atoms with Crippen LogP contribution >= 0.6 is 0 Å². The Kier molecular flexibility index (Phi) is 6.02. The highest BCUT2D eigenvalue weighted by molar-refractivity contribution is 5.94. The number of benzene rings is 1. The van der Waals surface area contributed by atoms with E-state index in [1.165, 1.54) is 0 Å². The summed E-state index contributed by atoms with van der Waals surface area (Å²) in [5, 5.41) is 22.6. The molecule has 128 valence electrons. The van der Waals surface area contributed by atoms with E-state index in [9.17, 15) is 15.0 Å². The second-order valence-electron chi connectivity index (χ2n) is 6.38. The highest BCUT2D eigenvalue weighted by Gasteiger charge is 2.23. The standard InChI is InChI=1S/C18H28N2O3/c1-3-18(23,4-2)13-19-17(22)14-5-7-15(8-6-14)20-11-9-16(21)10-12-20/h5-8,16,21,23H,3-4,9-13H2,1-2H3,(H,19,22). The number of carbonyl (C=O) groups is 1. The average Bonchev–Trinajstić information content (AvgIpc) is 2.60. The first kappa shape index (κ1) is 17.8. The molecule has 0 aliphatic carbocycles. The van der Waals surface area contributed by atoms with Crippen molar-refractivity contribution in [1.82, 2.24) is 5.32 Å². The molecule has 23 heavy (non-hydrogen) atoms. The molecule has 2 rings (SSSR count). The van der Waals surface area contributed by atoms with E-state index < -0.39 is 5.60 Å². The third-order valence-electron chi connectivity index (χ3n) is 4.85. The molecule has 1 aromatic rings. The van der Waals surface area contributed by atoms with Gasteiger partial charge in [-0.05, 0) is 49.9 Å². The van der Waals surface area contributed by atoms with Gasteiger partial charge >= 0.3 is 0 Å². The van der Waals surface area contributed by atoms with Gasteiger partial charge in [-0.2, -0.15) is 0 Å². The Morgan fingerprint density at radius 3 is 2.30 bits per heavy atom. The predicted octanol–water partition coefficient (Wildman–Crippen LogP) is 1.93. The van der Waals surface area contributed by atoms with E-state index in [4.69, 9.17) is 0 Å². The molecule has 0 atom stereocenters. The van der Waals surface area contributed by atoms with Crippen molar-refractivity contribution >= 4 is 11.6 Å². The number of hydrogen-bond donors (Lipinski definition) is 3. The second kappa shape index (κ2) is 7.79. The number of aliphatic hydroxyl groups is 2. The number of amides is 1. The van der Waals surface area contributed by atoms with Crippen molar-refractivity contribution in [1.29, 1.82) is 0 Å². The van der Waals surface area contributed by atoms with Crippen LogP contribution in [0.2, 0.25) is 0 Å². The monoisotopic (exact) mass is 320 g/mol. The van der Waals surface area contributed by atoms with Gasteiger partial charge in [0.1, 0.15) is 0 Å². The van der Waals surface area contributed by atoms with Gasteiger partial charge in [0.15, 0.2) is 0 Å². The SMILES string of the molecule is CCC(O)(CC)CNC(=O)c1ccc(N2CCC(O)CC2)cc1. The smallest absolute Gasteiger partial charge is 0.251 e. The van der Waals surface area contributed by atoms with E-state index in [1.54, 1.807) is 0 Å². The first-order chi connectivity index (χ1) is 11.0. The van der Waals surface area contributed by atoms with Crippen LogP contribution in [0.15, 0.2) is 24.3 Å². The molecule has 1 aliphatic heterocycles. The van der Waals surface area contributed by atoms with E-state index in [1.807, 2.05) is 38.1 Å². The van der Waals surface area contributed by atoms with Crippen LogP contribution in [0.4, 0.5) is 5.69 Å². The highest BCUT2D eigenvalue weighted by atomic mass is 16.3. The van der Waals surface area contributed by atoms with E-state index in [2.05, 4.69) is 10.2 Å². The average molecular weight is 320 g/mol. The van der Waals surface area contributed by atoms with Gasteiger partial charge in [0.25, 0.3) is 5.91 Å². The Bertz CT molecular complexity index is 504. The summed E-state index contributed by atoms with van der Waals surface area (Å²) < 4.78 is 0. The second-order valence-corrected chi connectivity index (χ2v) is 6.38. The number of rotatable bonds is 6. The summed E-state index contributed by atoms with van der Waals surface area (Å²) >= 11 is 0. The Labute approximate surface area is 138 Å². The molecule has 1 aliphatic rings. The molecule has 1 saturated heterocycles. The topological polar surface area (TPSA) is 72.8 Å². The minimum Gasteiger partial charge on any atom is -0.393 e. The molecule has 5 heteroatoms. The molecule has 1 heterocycles. The van der Waals surface area contributed by atoms with Gasteiger partial charge in [-0.25, -0.2) is 0 Å². The quantitative estimate of drug-likeness (QED) is 0.749. The lowest BCUT2D eigenvalue weighted by atomic mass is 9.97. The van der Waals surface area contributed by atoms with Gasteiger partial charge in [-0.15, -0.1) is 0 Å². The van der Waals surface area contributed by atoms with Gasteiger partial charge in [0.2, 0.25) is 0 Å². The first-order valence-corrected chi connectivity index (χ1v) is 8.51. The number of anilines is 1. The molecular weight excluding hydrogens is 292 g/mol. The van der Waals surface area contributed by atoms with E-state index in [0.29, 0.717) is 18.4 Å². The molecule has 0 bridgehead atoms. The summed E-state index contributed by atoms with van der Waals surface area (Å²) in [6.07, 6.45) is 2.61. The summed E-state index contributed by atoms with van der Waals surface area (Å²) in [6, 6.07) is 7.51. The zero-order chi connectivity index (χ0) is 16.9. The lowest BCUT2D eigenvalue weighted by molar-refractivity contribution is 0.0314. The Balaban J connectivity index is 1.92. The van der Waals surface area contributed by atoms with E-state index in [-0.39, 0.29) is 18.6 Å². The summed E-state index contributed by atoms with van der Waals surface area (Å²) in [4.78, 5) is 14.4. The van der Waals surface area contributed by atoms with Crippen LogP contribution < -0.4 is 10.2 Å². The van der Waals surface area contributed by atoms with Gasteiger partial charge < -0.3 is 20.4 Å². The van der Waals surface area contributed by atoms with E-state index in [0.717, 1.165) is 31.6 Å². The number of carbonyl (C=O) groups excluding carboxylic acids is 1. The van der Waals surface area contributed by atoms with Gasteiger partial charge in [0, 0.05) is 30.9 Å². The zero-order valence-corrected chi connectivity index (χ0v) is 14.1. The normalized spacial score (nSPS) is 16.4. The summed E-state index contributed by atoms with van der Waals surface area (Å²) in [5.41, 5.74) is 0.844. The molecule has 1 fully saturated rings. The fourth-order valence-corrected chi connectivity index (χ4v) is 2.79.